The number of methoxy groups -OCH3 is 1. The fourth-order valence-electron chi connectivity index (χ4n) is 8.68. The number of benzene rings is 2. The highest BCUT2D eigenvalue weighted by Gasteiger charge is 2.48. The molecule has 2 aromatic rings. The fourth-order valence-corrected chi connectivity index (χ4v) is 10.2. The lowest BCUT2D eigenvalue weighted by Gasteiger charge is -2.52. The molecule has 1 saturated heterocycles. The summed E-state index contributed by atoms with van der Waals surface area (Å²) in [6, 6.07) is 11.2. The Morgan fingerprint density at radius 1 is 1.02 bits per heavy atom. The number of nitrogens with one attached hydrogen (secondary N) is 2. The highest BCUT2D eigenvalue weighted by molar-refractivity contribution is 7.90. The van der Waals surface area contributed by atoms with E-state index in [1.807, 2.05) is 44.4 Å². The van der Waals surface area contributed by atoms with E-state index in [1.54, 1.807) is 13.0 Å². The van der Waals surface area contributed by atoms with Gasteiger partial charge in [0, 0.05) is 70.1 Å². The summed E-state index contributed by atoms with van der Waals surface area (Å²) >= 11 is 6.41. The topological polar surface area (TPSA) is 125 Å². The molecule has 0 spiro atoms. The number of sulfonamides is 1. The molecule has 2 bridgehead atoms. The van der Waals surface area contributed by atoms with Crippen LogP contribution in [0.2, 0.25) is 5.02 Å². The summed E-state index contributed by atoms with van der Waals surface area (Å²) in [5.74, 6) is 0.375. The molecule has 1 saturated carbocycles. The Labute approximate surface area is 325 Å². The van der Waals surface area contributed by atoms with Crippen LogP contribution in [0.1, 0.15) is 67.4 Å². The molecule has 6 atom stereocenters. The number of aliphatic imine (C=N–C) groups is 1. The Bertz CT molecular complexity index is 1820. The van der Waals surface area contributed by atoms with Gasteiger partial charge in [0.25, 0.3) is 5.91 Å². The lowest BCUT2D eigenvalue weighted by molar-refractivity contribution is -0.0956. The number of ether oxygens (including phenoxy) is 2. The zero-order chi connectivity index (χ0) is 37.9. The second-order valence-electron chi connectivity index (χ2n) is 15.8. The van der Waals surface area contributed by atoms with Crippen LogP contribution in [0.25, 0.3) is 0 Å². The van der Waals surface area contributed by atoms with Crippen molar-refractivity contribution in [1.82, 2.24) is 20.0 Å². The Morgan fingerprint density at radius 3 is 2.57 bits per heavy atom. The summed E-state index contributed by atoms with van der Waals surface area (Å²) in [5, 5.41) is -0.0814. The molecule has 54 heavy (non-hydrogen) atoms. The molecule has 1 aliphatic carbocycles. The molecular formula is C40H55ClN6O6S. The van der Waals surface area contributed by atoms with Crippen molar-refractivity contribution < 1.29 is 27.5 Å². The molecule has 14 heteroatoms. The molecule has 0 aromatic heterocycles. The molecule has 2 aromatic carbocycles. The SMILES string of the molecule is CO[C@@]1(CN2CCN(CC3N=CON3)CC2)/C=C/C[C@H](C)[C@@H](C)S(=O)(=O)NC(=O)c2ccc3c(c2)N(CCCCc2cc(Cl)ccc2CO3)C[C@@H]2CC[C@H]21. The van der Waals surface area contributed by atoms with E-state index in [0.717, 1.165) is 95.7 Å². The van der Waals surface area contributed by atoms with E-state index < -0.39 is 26.8 Å². The molecule has 1 amide bonds. The average molecular weight is 783 g/mol. The molecule has 294 valence electrons. The molecule has 0 radical (unpaired) electrons. The van der Waals surface area contributed by atoms with Crippen molar-refractivity contribution >= 4 is 39.6 Å². The first-order valence-corrected chi connectivity index (χ1v) is 21.4. The molecule has 12 nitrogen and oxygen atoms in total. The van der Waals surface area contributed by atoms with Crippen LogP contribution in [-0.2, 0) is 32.6 Å². The number of piperazine rings is 1. The summed E-state index contributed by atoms with van der Waals surface area (Å²) in [6.45, 7) is 10.7. The number of anilines is 1. The monoisotopic (exact) mass is 782 g/mol. The van der Waals surface area contributed by atoms with Gasteiger partial charge in [-0.25, -0.2) is 18.1 Å². The summed E-state index contributed by atoms with van der Waals surface area (Å²) in [6.07, 6.45) is 11.2. The number of halogens is 1. The van der Waals surface area contributed by atoms with Crippen LogP contribution in [0.4, 0.5) is 5.69 Å². The van der Waals surface area contributed by atoms with Crippen LogP contribution in [0.3, 0.4) is 0 Å². The number of hydrogen-bond donors (Lipinski definition) is 2. The molecule has 5 aliphatic rings. The Hall–Kier alpha value is -3.20. The van der Waals surface area contributed by atoms with Gasteiger partial charge in [-0.1, -0.05) is 36.7 Å². The lowest BCUT2D eigenvalue weighted by Crippen LogP contribution is -2.59. The normalized spacial score (nSPS) is 31.4. The number of amides is 1. The molecular weight excluding hydrogens is 728 g/mol. The quantitative estimate of drug-likeness (QED) is 0.400. The van der Waals surface area contributed by atoms with Crippen LogP contribution in [0, 0.1) is 17.8 Å². The first-order valence-electron chi connectivity index (χ1n) is 19.5. The third kappa shape index (κ3) is 8.76. The molecule has 2 fully saturated rings. The minimum absolute atomic E-state index is 0.0445. The summed E-state index contributed by atoms with van der Waals surface area (Å²) in [4.78, 5) is 30.4. The van der Waals surface area contributed by atoms with Crippen molar-refractivity contribution in [2.75, 3.05) is 64.4 Å². The van der Waals surface area contributed by atoms with E-state index in [-0.39, 0.29) is 18.0 Å². The number of hydrogen-bond acceptors (Lipinski definition) is 11. The van der Waals surface area contributed by atoms with Gasteiger partial charge in [0.1, 0.15) is 24.1 Å². The minimum atomic E-state index is -3.97. The predicted molar refractivity (Wildman–Crippen MR) is 211 cm³/mol. The summed E-state index contributed by atoms with van der Waals surface area (Å²) in [7, 11) is -2.14. The van der Waals surface area contributed by atoms with E-state index in [0.29, 0.717) is 35.3 Å². The van der Waals surface area contributed by atoms with Gasteiger partial charge in [-0.2, -0.15) is 0 Å². The number of hydroxylamine groups is 1. The van der Waals surface area contributed by atoms with Crippen LogP contribution in [0.15, 0.2) is 53.5 Å². The third-order valence-corrected chi connectivity index (χ3v) is 14.6. The van der Waals surface area contributed by atoms with Crippen molar-refractivity contribution in [2.24, 2.45) is 22.7 Å². The van der Waals surface area contributed by atoms with Gasteiger partial charge in [-0.05, 0) is 105 Å². The standard InChI is InChI=1S/C40H55ClN6O6S/c1-28-7-6-15-40(51-3,26-46-19-17-45(18-20-46)24-38-42-27-53-43-38)35-13-10-32(35)23-47-16-5-4-8-30-21-34(41)12-9-33(30)25-52-37-14-11-31(22-36(37)47)39(48)44-54(49,50)29(28)2/h6,9,11-12,14-15,21-22,27-29,32,35,38,43H,4-5,7-8,10,13,16-20,23-26H2,1-3H3,(H,44,48)/b15-6+/t28-,29+,32-,35+,38?,40+/m0/s1. The molecule has 4 aliphatic heterocycles. The number of aryl methyl sites for hydroxylation is 1. The molecule has 7 rings (SSSR count). The van der Waals surface area contributed by atoms with Crippen molar-refractivity contribution in [3.8, 4) is 5.75 Å². The minimum Gasteiger partial charge on any atom is -0.487 e. The number of nitrogens with zero attached hydrogens (tertiary/aromatic N) is 4. The number of rotatable bonds is 5. The van der Waals surface area contributed by atoms with Gasteiger partial charge in [-0.3, -0.25) is 14.6 Å². The number of fused-ring (bicyclic) bond motifs is 3. The van der Waals surface area contributed by atoms with Gasteiger partial charge in [-0.15, -0.1) is 5.48 Å². The largest absolute Gasteiger partial charge is 0.487 e. The van der Waals surface area contributed by atoms with Gasteiger partial charge >= 0.3 is 0 Å². The number of carbonyl (C=O) groups excluding carboxylic acids is 1. The summed E-state index contributed by atoms with van der Waals surface area (Å²) in [5.41, 5.74) is 5.74. The Kier molecular flexibility index (Phi) is 12.2. The van der Waals surface area contributed by atoms with Gasteiger partial charge in [0.15, 0.2) is 6.40 Å². The van der Waals surface area contributed by atoms with Gasteiger partial charge < -0.3 is 19.2 Å². The highest BCUT2D eigenvalue weighted by Crippen LogP contribution is 2.47. The van der Waals surface area contributed by atoms with Crippen molar-refractivity contribution in [2.45, 2.75) is 76.0 Å². The lowest BCUT2D eigenvalue weighted by atomic mass is 9.63. The zero-order valence-corrected chi connectivity index (χ0v) is 33.3. The fraction of sp³-hybridized carbons (Fsp3) is 0.600. The number of allylic oxidation sites excluding steroid dienone is 1. The van der Waals surface area contributed by atoms with E-state index in [4.69, 9.17) is 25.9 Å². The summed E-state index contributed by atoms with van der Waals surface area (Å²) < 4.78 is 42.8. The molecule has 1 unspecified atom stereocenters. The maximum absolute atomic E-state index is 13.6. The van der Waals surface area contributed by atoms with E-state index in [9.17, 15) is 13.2 Å². The van der Waals surface area contributed by atoms with Crippen molar-refractivity contribution in [1.29, 1.82) is 0 Å². The average Bonchev–Trinajstić information content (AvgIpc) is 3.65. The van der Waals surface area contributed by atoms with E-state index in [2.05, 4.69) is 42.0 Å². The smallest absolute Gasteiger partial charge is 0.264 e. The number of carbonyl (C=O) groups is 1. The zero-order valence-electron chi connectivity index (χ0n) is 31.7. The van der Waals surface area contributed by atoms with Crippen LogP contribution < -0.4 is 19.8 Å². The second kappa shape index (κ2) is 16.9. The van der Waals surface area contributed by atoms with Crippen LogP contribution >= 0.6 is 11.6 Å². The highest BCUT2D eigenvalue weighted by atomic mass is 35.5. The third-order valence-electron chi connectivity index (χ3n) is 12.4. The second-order valence-corrected chi connectivity index (χ2v) is 18.2. The first-order chi connectivity index (χ1) is 26.0. The van der Waals surface area contributed by atoms with Gasteiger partial charge in [0.05, 0.1) is 10.9 Å². The maximum atomic E-state index is 13.6. The molecule has 2 N–H and O–H groups in total. The maximum Gasteiger partial charge on any atom is 0.264 e. The predicted octanol–water partition coefficient (Wildman–Crippen LogP) is 5.02. The van der Waals surface area contributed by atoms with Gasteiger partial charge in [0.2, 0.25) is 10.0 Å². The van der Waals surface area contributed by atoms with Crippen molar-refractivity contribution in [3.05, 3.63) is 70.3 Å². The Balaban J connectivity index is 1.20. The van der Waals surface area contributed by atoms with Crippen LogP contribution in [0.5, 0.6) is 5.75 Å². The van der Waals surface area contributed by atoms with Crippen molar-refractivity contribution in [3.63, 3.8) is 0 Å². The Morgan fingerprint density at radius 2 is 1.83 bits per heavy atom. The first kappa shape index (κ1) is 39.1. The van der Waals surface area contributed by atoms with Crippen LogP contribution in [-0.4, -0.2) is 107 Å². The molecule has 4 heterocycles. The van der Waals surface area contributed by atoms with E-state index in [1.165, 1.54) is 12.0 Å². The van der Waals surface area contributed by atoms with E-state index >= 15 is 0 Å².